The maximum atomic E-state index is 13.5. The molecule has 0 radical (unpaired) electrons. The number of likely N-dealkylation sites (tertiary alicyclic amines) is 1. The average Bonchev–Trinajstić information content (AvgIpc) is 2.47. The molecule has 4 nitrogen and oxygen atoms in total. The van der Waals surface area contributed by atoms with E-state index in [0.717, 1.165) is 32.4 Å². The van der Waals surface area contributed by atoms with Crippen LogP contribution in [0.1, 0.15) is 36.5 Å². The molecule has 2 amide bonds. The van der Waals surface area contributed by atoms with Crippen LogP contribution >= 0.6 is 0 Å². The lowest BCUT2D eigenvalue weighted by Crippen LogP contribution is -2.48. The van der Waals surface area contributed by atoms with Crippen molar-refractivity contribution in [2.75, 3.05) is 13.1 Å². The van der Waals surface area contributed by atoms with E-state index in [1.807, 2.05) is 0 Å². The Balaban J connectivity index is 1.97. The number of rotatable bonds is 3. The van der Waals surface area contributed by atoms with Crippen LogP contribution in [0.15, 0.2) is 24.3 Å². The summed E-state index contributed by atoms with van der Waals surface area (Å²) >= 11 is 0. The summed E-state index contributed by atoms with van der Waals surface area (Å²) < 4.78 is 13.5. The first-order valence-corrected chi connectivity index (χ1v) is 6.94. The summed E-state index contributed by atoms with van der Waals surface area (Å²) in [4.78, 5) is 25.9. The van der Waals surface area contributed by atoms with Crippen molar-refractivity contribution in [3.63, 3.8) is 0 Å². The Kier molecular flexibility index (Phi) is 4.71. The Morgan fingerprint density at radius 3 is 2.50 bits per heavy atom. The molecular weight excluding hydrogens is 259 g/mol. The van der Waals surface area contributed by atoms with Crippen molar-refractivity contribution in [3.8, 4) is 0 Å². The minimum atomic E-state index is -0.639. The number of carbonyl (C=O) groups is 2. The van der Waals surface area contributed by atoms with Crippen LogP contribution in [0.2, 0.25) is 0 Å². The Morgan fingerprint density at radius 2 is 1.85 bits per heavy atom. The van der Waals surface area contributed by atoms with Crippen LogP contribution in [0, 0.1) is 5.82 Å². The molecule has 1 aliphatic heterocycles. The zero-order valence-electron chi connectivity index (χ0n) is 11.6. The zero-order valence-corrected chi connectivity index (χ0v) is 11.6. The number of halogens is 1. The average molecular weight is 278 g/mol. The van der Waals surface area contributed by atoms with E-state index in [0.29, 0.717) is 0 Å². The summed E-state index contributed by atoms with van der Waals surface area (Å²) in [5, 5.41) is 2.56. The van der Waals surface area contributed by atoms with Gasteiger partial charge in [-0.2, -0.15) is 0 Å². The summed E-state index contributed by atoms with van der Waals surface area (Å²) in [5.74, 6) is -1.24. The standard InChI is InChI=1S/C15H19FN2O2/c1-11(15(20)18-9-5-2-6-10-18)17-14(19)12-7-3-4-8-13(12)16/h3-4,7-8,11H,2,5-6,9-10H2,1H3,(H,17,19). The van der Waals surface area contributed by atoms with Gasteiger partial charge >= 0.3 is 0 Å². The third-order valence-corrected chi connectivity index (χ3v) is 3.50. The largest absolute Gasteiger partial charge is 0.341 e. The summed E-state index contributed by atoms with van der Waals surface area (Å²) in [6.07, 6.45) is 3.14. The quantitative estimate of drug-likeness (QED) is 0.919. The van der Waals surface area contributed by atoms with Crippen LogP contribution < -0.4 is 5.32 Å². The Labute approximate surface area is 118 Å². The molecule has 0 aliphatic carbocycles. The van der Waals surface area contributed by atoms with Gasteiger partial charge in [0.05, 0.1) is 5.56 Å². The number of piperidine rings is 1. The van der Waals surface area contributed by atoms with Crippen LogP contribution in [0.4, 0.5) is 4.39 Å². The second-order valence-corrected chi connectivity index (χ2v) is 5.06. The molecule has 20 heavy (non-hydrogen) atoms. The maximum Gasteiger partial charge on any atom is 0.254 e. The van der Waals surface area contributed by atoms with Gasteiger partial charge in [-0.25, -0.2) is 4.39 Å². The zero-order chi connectivity index (χ0) is 14.5. The van der Waals surface area contributed by atoms with E-state index < -0.39 is 17.8 Å². The molecule has 0 bridgehead atoms. The van der Waals surface area contributed by atoms with Crippen LogP contribution in [-0.2, 0) is 4.79 Å². The lowest BCUT2D eigenvalue weighted by Gasteiger charge is -2.29. The van der Waals surface area contributed by atoms with Gasteiger partial charge in [-0.15, -0.1) is 0 Å². The molecule has 1 aromatic carbocycles. The first-order valence-electron chi connectivity index (χ1n) is 6.94. The van der Waals surface area contributed by atoms with E-state index in [4.69, 9.17) is 0 Å². The highest BCUT2D eigenvalue weighted by molar-refractivity contribution is 5.97. The molecular formula is C15H19FN2O2. The van der Waals surface area contributed by atoms with Gasteiger partial charge in [0, 0.05) is 13.1 Å². The minimum Gasteiger partial charge on any atom is -0.341 e. The lowest BCUT2D eigenvalue weighted by atomic mass is 10.1. The highest BCUT2D eigenvalue weighted by Gasteiger charge is 2.24. The summed E-state index contributed by atoms with van der Waals surface area (Å²) in [5.41, 5.74) is -0.0363. The van der Waals surface area contributed by atoms with Gasteiger partial charge in [0.1, 0.15) is 11.9 Å². The molecule has 0 spiro atoms. The normalized spacial score (nSPS) is 16.6. The van der Waals surface area contributed by atoms with Crippen LogP contribution in [0.5, 0.6) is 0 Å². The third-order valence-electron chi connectivity index (χ3n) is 3.50. The van der Waals surface area contributed by atoms with Gasteiger partial charge in [0.15, 0.2) is 0 Å². The van der Waals surface area contributed by atoms with Crippen molar-refractivity contribution in [2.45, 2.75) is 32.2 Å². The van der Waals surface area contributed by atoms with Crippen molar-refractivity contribution >= 4 is 11.8 Å². The minimum absolute atomic E-state index is 0.0363. The summed E-state index contributed by atoms with van der Waals surface area (Å²) in [6.45, 7) is 3.10. The van der Waals surface area contributed by atoms with Crippen LogP contribution in [0.3, 0.4) is 0 Å². The number of amides is 2. The van der Waals surface area contributed by atoms with Crippen molar-refractivity contribution in [2.24, 2.45) is 0 Å². The molecule has 0 saturated carbocycles. The lowest BCUT2D eigenvalue weighted by molar-refractivity contribution is -0.133. The summed E-state index contributed by atoms with van der Waals surface area (Å²) in [6, 6.07) is 5.11. The molecule has 1 saturated heterocycles. The van der Waals surface area contributed by atoms with Crippen molar-refractivity contribution in [3.05, 3.63) is 35.6 Å². The van der Waals surface area contributed by atoms with Gasteiger partial charge < -0.3 is 10.2 Å². The molecule has 1 aromatic rings. The van der Waals surface area contributed by atoms with Crippen molar-refractivity contribution in [1.29, 1.82) is 0 Å². The van der Waals surface area contributed by atoms with E-state index in [2.05, 4.69) is 5.32 Å². The van der Waals surface area contributed by atoms with E-state index >= 15 is 0 Å². The molecule has 0 aromatic heterocycles. The number of carbonyl (C=O) groups excluding carboxylic acids is 2. The molecule has 1 unspecified atom stereocenters. The highest BCUT2D eigenvalue weighted by atomic mass is 19.1. The molecule has 1 aliphatic rings. The molecule has 1 fully saturated rings. The van der Waals surface area contributed by atoms with E-state index in [9.17, 15) is 14.0 Å². The molecule has 5 heteroatoms. The molecule has 1 atom stereocenters. The van der Waals surface area contributed by atoms with Gasteiger partial charge in [-0.3, -0.25) is 9.59 Å². The van der Waals surface area contributed by atoms with E-state index in [-0.39, 0.29) is 11.5 Å². The number of nitrogens with one attached hydrogen (secondary N) is 1. The van der Waals surface area contributed by atoms with E-state index in [1.165, 1.54) is 18.2 Å². The van der Waals surface area contributed by atoms with E-state index in [1.54, 1.807) is 17.9 Å². The molecule has 2 rings (SSSR count). The van der Waals surface area contributed by atoms with Gasteiger partial charge in [0.2, 0.25) is 5.91 Å². The van der Waals surface area contributed by atoms with Crippen molar-refractivity contribution in [1.82, 2.24) is 10.2 Å². The molecule has 108 valence electrons. The first kappa shape index (κ1) is 14.5. The highest BCUT2D eigenvalue weighted by Crippen LogP contribution is 2.11. The fourth-order valence-corrected chi connectivity index (χ4v) is 2.37. The van der Waals surface area contributed by atoms with Crippen LogP contribution in [0.25, 0.3) is 0 Å². The van der Waals surface area contributed by atoms with Crippen LogP contribution in [-0.4, -0.2) is 35.8 Å². The summed E-state index contributed by atoms with van der Waals surface area (Å²) in [7, 11) is 0. The molecule has 1 heterocycles. The monoisotopic (exact) mass is 278 g/mol. The third kappa shape index (κ3) is 3.35. The predicted octanol–water partition coefficient (Wildman–Crippen LogP) is 1.96. The van der Waals surface area contributed by atoms with Gasteiger partial charge in [-0.1, -0.05) is 12.1 Å². The molecule has 1 N–H and O–H groups in total. The Morgan fingerprint density at radius 1 is 1.20 bits per heavy atom. The number of hydrogen-bond acceptors (Lipinski definition) is 2. The van der Waals surface area contributed by atoms with Crippen molar-refractivity contribution < 1.29 is 14.0 Å². The van der Waals surface area contributed by atoms with Gasteiger partial charge in [-0.05, 0) is 38.3 Å². The predicted molar refractivity (Wildman–Crippen MR) is 73.8 cm³/mol. The second-order valence-electron chi connectivity index (χ2n) is 5.06. The Bertz CT molecular complexity index is 498. The van der Waals surface area contributed by atoms with Gasteiger partial charge in [0.25, 0.3) is 5.91 Å². The Hall–Kier alpha value is -1.91. The maximum absolute atomic E-state index is 13.5. The number of hydrogen-bond donors (Lipinski definition) is 1. The topological polar surface area (TPSA) is 49.4 Å². The first-order chi connectivity index (χ1) is 9.59. The SMILES string of the molecule is CC(NC(=O)c1ccccc1F)C(=O)N1CCCCC1. The second kappa shape index (κ2) is 6.50. The fraction of sp³-hybridized carbons (Fsp3) is 0.467. The number of benzene rings is 1. The fourth-order valence-electron chi connectivity index (χ4n) is 2.37. The smallest absolute Gasteiger partial charge is 0.254 e. The number of nitrogens with zero attached hydrogens (tertiary/aromatic N) is 1.